The SMILES string of the molecule is CN(C)C(=O)c1ccc(-c2cc(NC(=O)C3(c4ccc5c(c4)OCO5)CC3)ccc2CC(N)=O)cc1. The van der Waals surface area contributed by atoms with Crippen LogP contribution in [0.1, 0.15) is 34.3 Å². The fourth-order valence-corrected chi connectivity index (χ4v) is 4.53. The van der Waals surface area contributed by atoms with Crippen molar-refractivity contribution in [2.24, 2.45) is 5.73 Å². The zero-order valence-corrected chi connectivity index (χ0v) is 20.2. The van der Waals surface area contributed by atoms with Crippen LogP contribution in [-0.2, 0) is 21.4 Å². The van der Waals surface area contributed by atoms with E-state index in [2.05, 4.69) is 5.32 Å². The number of anilines is 1. The number of nitrogens with two attached hydrogens (primary N) is 1. The topological polar surface area (TPSA) is 111 Å². The maximum atomic E-state index is 13.4. The number of primary amides is 1. The molecule has 0 saturated heterocycles. The number of ether oxygens (including phenoxy) is 2. The van der Waals surface area contributed by atoms with E-state index in [-0.39, 0.29) is 25.0 Å². The smallest absolute Gasteiger partial charge is 0.253 e. The molecular formula is C28H27N3O5. The lowest BCUT2D eigenvalue weighted by Gasteiger charge is -2.18. The molecule has 184 valence electrons. The van der Waals surface area contributed by atoms with Crippen LogP contribution in [0.2, 0.25) is 0 Å². The van der Waals surface area contributed by atoms with Crippen molar-refractivity contribution in [1.29, 1.82) is 0 Å². The number of nitrogens with one attached hydrogen (secondary N) is 1. The highest BCUT2D eigenvalue weighted by Crippen LogP contribution is 2.51. The standard InChI is InChI=1S/C28H27N3O5/c1-31(2)26(33)18-5-3-17(4-6-18)22-15-21(9-7-19(22)13-25(29)32)30-27(34)28(11-12-28)20-8-10-23-24(14-20)36-16-35-23/h3-10,14-15H,11-13,16H2,1-2H3,(H2,29,32)(H,30,34). The molecule has 5 rings (SSSR count). The monoisotopic (exact) mass is 485 g/mol. The first kappa shape index (κ1) is 23.4. The summed E-state index contributed by atoms with van der Waals surface area (Å²) in [5, 5.41) is 3.06. The molecule has 2 aliphatic rings. The van der Waals surface area contributed by atoms with E-state index in [1.807, 2.05) is 36.4 Å². The van der Waals surface area contributed by atoms with Gasteiger partial charge in [0.2, 0.25) is 18.6 Å². The van der Waals surface area contributed by atoms with Crippen LogP contribution in [0.3, 0.4) is 0 Å². The second-order valence-corrected chi connectivity index (χ2v) is 9.40. The van der Waals surface area contributed by atoms with E-state index in [4.69, 9.17) is 15.2 Å². The summed E-state index contributed by atoms with van der Waals surface area (Å²) >= 11 is 0. The molecule has 36 heavy (non-hydrogen) atoms. The van der Waals surface area contributed by atoms with Gasteiger partial charge in [-0.15, -0.1) is 0 Å². The van der Waals surface area contributed by atoms with Gasteiger partial charge in [-0.25, -0.2) is 0 Å². The van der Waals surface area contributed by atoms with Crippen molar-refractivity contribution in [3.63, 3.8) is 0 Å². The van der Waals surface area contributed by atoms with Gasteiger partial charge in [0, 0.05) is 25.3 Å². The molecule has 3 amide bonds. The number of nitrogens with zero attached hydrogens (tertiary/aromatic N) is 1. The summed E-state index contributed by atoms with van der Waals surface area (Å²) in [6, 6.07) is 18.2. The number of amides is 3. The quantitative estimate of drug-likeness (QED) is 0.532. The maximum Gasteiger partial charge on any atom is 0.253 e. The summed E-state index contributed by atoms with van der Waals surface area (Å²) in [5.74, 6) is 0.691. The molecule has 1 aliphatic carbocycles. The Morgan fingerprint density at radius 1 is 0.944 bits per heavy atom. The molecule has 0 atom stereocenters. The van der Waals surface area contributed by atoms with Crippen molar-refractivity contribution < 1.29 is 23.9 Å². The second-order valence-electron chi connectivity index (χ2n) is 9.40. The first-order valence-corrected chi connectivity index (χ1v) is 11.7. The van der Waals surface area contributed by atoms with Gasteiger partial charge in [0.05, 0.1) is 11.8 Å². The Bertz CT molecular complexity index is 1360. The number of rotatable bonds is 7. The Morgan fingerprint density at radius 3 is 2.33 bits per heavy atom. The number of carbonyl (C=O) groups excluding carboxylic acids is 3. The lowest BCUT2D eigenvalue weighted by molar-refractivity contribution is -0.119. The largest absolute Gasteiger partial charge is 0.454 e. The van der Waals surface area contributed by atoms with E-state index < -0.39 is 11.3 Å². The minimum absolute atomic E-state index is 0.0586. The molecule has 1 fully saturated rings. The second kappa shape index (κ2) is 9.03. The van der Waals surface area contributed by atoms with Crippen LogP contribution < -0.4 is 20.5 Å². The fourth-order valence-electron chi connectivity index (χ4n) is 4.53. The number of benzene rings is 3. The summed E-state index contributed by atoms with van der Waals surface area (Å²) < 4.78 is 10.9. The predicted octanol–water partition coefficient (Wildman–Crippen LogP) is 3.48. The molecule has 3 aromatic rings. The molecule has 1 aliphatic heterocycles. The molecule has 8 heteroatoms. The first-order valence-electron chi connectivity index (χ1n) is 11.7. The Labute approximate surface area is 209 Å². The van der Waals surface area contributed by atoms with Crippen LogP contribution in [0.4, 0.5) is 5.69 Å². The normalized spacial score (nSPS) is 14.7. The number of carbonyl (C=O) groups is 3. The van der Waals surface area contributed by atoms with E-state index in [9.17, 15) is 14.4 Å². The number of fused-ring (bicyclic) bond motifs is 1. The Balaban J connectivity index is 1.42. The van der Waals surface area contributed by atoms with E-state index in [1.165, 1.54) is 4.90 Å². The summed E-state index contributed by atoms with van der Waals surface area (Å²) in [5.41, 5.74) is 9.26. The molecule has 3 N–H and O–H groups in total. The molecule has 0 bridgehead atoms. The number of hydrogen-bond donors (Lipinski definition) is 2. The van der Waals surface area contributed by atoms with Gasteiger partial charge < -0.3 is 25.4 Å². The van der Waals surface area contributed by atoms with Crippen molar-refractivity contribution in [1.82, 2.24) is 4.90 Å². The van der Waals surface area contributed by atoms with Gasteiger partial charge in [-0.3, -0.25) is 14.4 Å². The summed E-state index contributed by atoms with van der Waals surface area (Å²) in [6.45, 7) is 0.183. The molecular weight excluding hydrogens is 458 g/mol. The zero-order valence-electron chi connectivity index (χ0n) is 20.2. The fraction of sp³-hybridized carbons (Fsp3) is 0.250. The van der Waals surface area contributed by atoms with Gasteiger partial charge in [-0.1, -0.05) is 24.3 Å². The molecule has 0 spiro atoms. The highest BCUT2D eigenvalue weighted by atomic mass is 16.7. The third-order valence-corrected chi connectivity index (χ3v) is 6.69. The average molecular weight is 486 g/mol. The van der Waals surface area contributed by atoms with Crippen LogP contribution in [0.5, 0.6) is 11.5 Å². The average Bonchev–Trinajstić information content (AvgIpc) is 3.55. The van der Waals surface area contributed by atoms with E-state index >= 15 is 0 Å². The van der Waals surface area contributed by atoms with Gasteiger partial charge >= 0.3 is 0 Å². The zero-order chi connectivity index (χ0) is 25.4. The van der Waals surface area contributed by atoms with E-state index in [1.54, 1.807) is 38.4 Å². The molecule has 1 saturated carbocycles. The van der Waals surface area contributed by atoms with Gasteiger partial charge in [-0.2, -0.15) is 0 Å². The Morgan fingerprint density at radius 2 is 1.67 bits per heavy atom. The van der Waals surface area contributed by atoms with E-state index in [0.717, 1.165) is 35.1 Å². The van der Waals surface area contributed by atoms with Crippen LogP contribution in [0.15, 0.2) is 60.7 Å². The summed E-state index contributed by atoms with van der Waals surface area (Å²) in [7, 11) is 3.40. The van der Waals surface area contributed by atoms with Gasteiger partial charge in [0.1, 0.15) is 0 Å². The number of hydrogen-bond acceptors (Lipinski definition) is 5. The van der Waals surface area contributed by atoms with Crippen molar-refractivity contribution in [2.75, 3.05) is 26.2 Å². The first-order chi connectivity index (χ1) is 17.3. The summed E-state index contributed by atoms with van der Waals surface area (Å²) in [6.07, 6.45) is 1.54. The Hall–Kier alpha value is -4.33. The van der Waals surface area contributed by atoms with Gasteiger partial charge in [0.25, 0.3) is 5.91 Å². The lowest BCUT2D eigenvalue weighted by Crippen LogP contribution is -2.27. The van der Waals surface area contributed by atoms with Crippen LogP contribution in [0.25, 0.3) is 11.1 Å². The molecule has 3 aromatic carbocycles. The highest BCUT2D eigenvalue weighted by Gasteiger charge is 2.51. The molecule has 8 nitrogen and oxygen atoms in total. The summed E-state index contributed by atoms with van der Waals surface area (Å²) in [4.78, 5) is 38.9. The maximum absolute atomic E-state index is 13.4. The lowest BCUT2D eigenvalue weighted by atomic mass is 9.93. The third-order valence-electron chi connectivity index (χ3n) is 6.69. The third kappa shape index (κ3) is 4.37. The molecule has 0 aromatic heterocycles. The predicted molar refractivity (Wildman–Crippen MR) is 135 cm³/mol. The minimum atomic E-state index is -0.610. The van der Waals surface area contributed by atoms with Crippen molar-refractivity contribution >= 4 is 23.4 Å². The highest BCUT2D eigenvalue weighted by molar-refractivity contribution is 6.02. The van der Waals surface area contributed by atoms with Crippen LogP contribution in [0, 0.1) is 0 Å². The van der Waals surface area contributed by atoms with Crippen molar-refractivity contribution in [3.8, 4) is 22.6 Å². The van der Waals surface area contributed by atoms with E-state index in [0.29, 0.717) is 22.7 Å². The minimum Gasteiger partial charge on any atom is -0.454 e. The van der Waals surface area contributed by atoms with Crippen molar-refractivity contribution in [2.45, 2.75) is 24.7 Å². The Kier molecular flexibility index (Phi) is 5.88. The van der Waals surface area contributed by atoms with Crippen LogP contribution >= 0.6 is 0 Å². The van der Waals surface area contributed by atoms with Crippen molar-refractivity contribution in [3.05, 3.63) is 77.4 Å². The molecule has 0 radical (unpaired) electrons. The van der Waals surface area contributed by atoms with Gasteiger partial charge in [-0.05, 0) is 71.5 Å². The molecule has 0 unspecified atom stereocenters. The van der Waals surface area contributed by atoms with Gasteiger partial charge in [0.15, 0.2) is 11.5 Å². The molecule has 1 heterocycles. The van der Waals surface area contributed by atoms with Crippen LogP contribution in [-0.4, -0.2) is 43.5 Å².